The summed E-state index contributed by atoms with van der Waals surface area (Å²) >= 11 is 0. The van der Waals surface area contributed by atoms with Crippen LogP contribution >= 0.6 is 0 Å². The van der Waals surface area contributed by atoms with Crippen LogP contribution in [0.25, 0.3) is 33.4 Å². The van der Waals surface area contributed by atoms with Gasteiger partial charge in [-0.25, -0.2) is 39.4 Å². The number of aliphatic hydroxyl groups excluding tert-OH is 3. The number of oxazole rings is 1. The summed E-state index contributed by atoms with van der Waals surface area (Å²) in [4.78, 5) is 131. The Labute approximate surface area is 781 Å². The smallest absolute Gasteiger partial charge is 0.329 e. The molecule has 17 atom stereocenters. The van der Waals surface area contributed by atoms with Crippen LogP contribution in [0.4, 0.5) is 23.7 Å². The molecule has 3 saturated heterocycles. The number of fused-ring (bicyclic) bond motifs is 6. The van der Waals surface area contributed by atoms with E-state index in [1.165, 1.54) is 30.7 Å². The molecule has 1 saturated carbocycles. The molecule has 4 amide bonds. The van der Waals surface area contributed by atoms with Gasteiger partial charge in [-0.05, 0) is 162 Å². The fourth-order valence-corrected chi connectivity index (χ4v) is 19.2. The Balaban J connectivity index is 0.592. The summed E-state index contributed by atoms with van der Waals surface area (Å²) in [5.74, 6) is -7.13. The molecule has 10 N–H and O–H groups in total. The number of esters is 1. The van der Waals surface area contributed by atoms with Crippen molar-refractivity contribution >= 4 is 87.0 Å². The number of Topliss-reactive ketones (excluding diaryl/α,β-unsaturated/α-hetero) is 1. The summed E-state index contributed by atoms with van der Waals surface area (Å²) in [6, 6.07) is 10.6. The van der Waals surface area contributed by atoms with Crippen molar-refractivity contribution in [3.63, 3.8) is 0 Å². The maximum Gasteiger partial charge on any atom is 0.329 e. The van der Waals surface area contributed by atoms with E-state index in [4.69, 9.17) is 64.2 Å². The number of hydrogen-bond donors (Lipinski definition) is 8. The monoisotopic (exact) mass is 1850 g/mol. The number of anilines is 4. The molecule has 724 valence electrons. The first-order valence-electron chi connectivity index (χ1n) is 46.8. The number of oxime groups is 1. The second-order valence-electron chi connectivity index (χ2n) is 37.2. The Morgan fingerprint density at radius 2 is 1.56 bits per heavy atom. The van der Waals surface area contributed by atoms with Crippen LogP contribution in [-0.2, 0) is 83.3 Å². The van der Waals surface area contributed by atoms with Gasteiger partial charge in [0.25, 0.3) is 29.5 Å². The van der Waals surface area contributed by atoms with E-state index in [1.807, 2.05) is 100.0 Å². The molecule has 0 unspecified atom stereocenters. The molecule has 6 aliphatic rings. The van der Waals surface area contributed by atoms with Gasteiger partial charge in [-0.15, -0.1) is 0 Å². The first-order chi connectivity index (χ1) is 64.4. The van der Waals surface area contributed by atoms with Crippen molar-refractivity contribution < 1.29 is 86.9 Å². The number of benzene rings is 2. The summed E-state index contributed by atoms with van der Waals surface area (Å²) in [7, 11) is 8.57. The number of amides is 4. The molecule has 37 heteroatoms. The van der Waals surface area contributed by atoms with E-state index in [0.717, 1.165) is 27.8 Å². The van der Waals surface area contributed by atoms with Crippen LogP contribution in [0.15, 0.2) is 125 Å². The molecular weight excluding hydrogens is 1720 g/mol. The topological polar surface area (TPSA) is 474 Å². The van der Waals surface area contributed by atoms with Gasteiger partial charge in [0.05, 0.1) is 79.4 Å². The number of methoxy groups -OCH3 is 3. The molecule has 0 spiro atoms. The van der Waals surface area contributed by atoms with Crippen LogP contribution in [0.5, 0.6) is 0 Å². The molecule has 37 nitrogen and oxygen atoms in total. The van der Waals surface area contributed by atoms with Crippen LogP contribution in [0.1, 0.15) is 165 Å². The van der Waals surface area contributed by atoms with Crippen LogP contribution in [-0.4, -0.2) is 289 Å². The second-order valence-corrected chi connectivity index (χ2v) is 37.2. The predicted octanol–water partition coefficient (Wildman–Crippen LogP) is 7.81. The van der Waals surface area contributed by atoms with E-state index in [9.17, 15) is 49.2 Å². The number of cyclic esters (lactones) is 1. The third kappa shape index (κ3) is 25.1. The minimum absolute atomic E-state index is 0.0225. The Bertz CT molecular complexity index is 5360. The van der Waals surface area contributed by atoms with Crippen molar-refractivity contribution in [1.82, 2.24) is 70.0 Å². The van der Waals surface area contributed by atoms with Crippen molar-refractivity contribution in [3.05, 3.63) is 143 Å². The van der Waals surface area contributed by atoms with Crippen LogP contribution in [0.3, 0.4) is 0 Å². The van der Waals surface area contributed by atoms with Gasteiger partial charge in [0, 0.05) is 147 Å². The molecule has 2 aromatic carbocycles. The van der Waals surface area contributed by atoms with Crippen LogP contribution in [0.2, 0.25) is 0 Å². The highest BCUT2D eigenvalue weighted by atomic mass is 16.6. The van der Waals surface area contributed by atoms with Crippen molar-refractivity contribution in [3.8, 4) is 11.3 Å². The number of hydrogen-bond acceptors (Lipinski definition) is 32. The largest absolute Gasteiger partial charge is 0.460 e. The van der Waals surface area contributed by atoms with E-state index in [2.05, 4.69) is 67.5 Å². The number of piperidine rings is 1. The van der Waals surface area contributed by atoms with Gasteiger partial charge < -0.3 is 105 Å². The number of nitrogens with zero attached hydrogens (tertiary/aromatic N) is 15. The Morgan fingerprint density at radius 1 is 0.776 bits per heavy atom. The van der Waals surface area contributed by atoms with Crippen LogP contribution < -0.4 is 31.9 Å². The lowest BCUT2D eigenvalue weighted by molar-refractivity contribution is -0.265. The minimum Gasteiger partial charge on any atom is -0.460 e. The van der Waals surface area contributed by atoms with Gasteiger partial charge in [-0.1, -0.05) is 94.4 Å². The van der Waals surface area contributed by atoms with Gasteiger partial charge in [-0.3, -0.25) is 24.0 Å². The number of carbonyl (C=O) groups excluding carboxylic acids is 6. The highest BCUT2D eigenvalue weighted by molar-refractivity contribution is 6.39. The fraction of sp³-hybridized carbons (Fsp3) is 0.577. The number of ether oxygens (including phenoxy) is 6. The molecule has 4 fully saturated rings. The fourth-order valence-electron chi connectivity index (χ4n) is 19.2. The van der Waals surface area contributed by atoms with E-state index >= 15 is 0 Å². The maximum atomic E-state index is 14.8. The van der Waals surface area contributed by atoms with E-state index in [1.54, 1.807) is 59.5 Å². The van der Waals surface area contributed by atoms with E-state index < -0.39 is 102 Å². The van der Waals surface area contributed by atoms with Gasteiger partial charge >= 0.3 is 5.97 Å². The number of likely N-dealkylation sites (N-methyl/N-ethyl adjacent to an activating group) is 1. The number of piperazine rings is 1. The van der Waals surface area contributed by atoms with Gasteiger partial charge in [0.1, 0.15) is 47.7 Å². The summed E-state index contributed by atoms with van der Waals surface area (Å²) in [5, 5.41) is 63.5. The van der Waals surface area contributed by atoms with Crippen molar-refractivity contribution in [2.75, 3.05) is 122 Å². The van der Waals surface area contributed by atoms with Gasteiger partial charge in [0.15, 0.2) is 17.8 Å². The zero-order valence-electron chi connectivity index (χ0n) is 79.0. The molecule has 5 aromatic heterocycles. The molecule has 7 aromatic rings. The summed E-state index contributed by atoms with van der Waals surface area (Å²) in [6.45, 7) is 16.9. The lowest BCUT2D eigenvalue weighted by atomic mass is 9.78. The average Bonchev–Trinajstić information content (AvgIpc) is 1.54. The van der Waals surface area contributed by atoms with Crippen LogP contribution in [0, 0.1) is 35.5 Å². The first kappa shape index (κ1) is 100. The Hall–Kier alpha value is -11.1. The lowest BCUT2D eigenvalue weighted by Crippen LogP contribution is -2.61. The molecule has 5 aliphatic heterocycles. The lowest BCUT2D eigenvalue weighted by Gasteiger charge is -2.43. The average molecular weight is 1850 g/mol. The molecular formula is C97H133N19O18. The quantitative estimate of drug-likeness (QED) is 0.00888. The Kier molecular flexibility index (Phi) is 34.7. The number of carbonyl (C=O) groups is 6. The maximum absolute atomic E-state index is 14.8. The van der Waals surface area contributed by atoms with Gasteiger partial charge in [0.2, 0.25) is 23.6 Å². The summed E-state index contributed by atoms with van der Waals surface area (Å²) in [6.07, 6.45) is 18.6. The van der Waals surface area contributed by atoms with Crippen molar-refractivity contribution in [2.45, 2.75) is 225 Å². The van der Waals surface area contributed by atoms with E-state index in [-0.39, 0.29) is 112 Å². The predicted molar refractivity (Wildman–Crippen MR) is 502 cm³/mol. The number of allylic oxidation sites excluding steroid dienone is 5. The third-order valence-corrected chi connectivity index (χ3v) is 26.9. The number of nitrogens with two attached hydrogens (primary N) is 2. The molecule has 10 heterocycles. The van der Waals surface area contributed by atoms with E-state index in [0.29, 0.717) is 172 Å². The molecule has 0 radical (unpaired) electrons. The Morgan fingerprint density at radius 3 is 2.32 bits per heavy atom. The highest BCUT2D eigenvalue weighted by Crippen LogP contribution is 2.40. The first-order valence-corrected chi connectivity index (χ1v) is 46.8. The molecule has 2 bridgehead atoms. The highest BCUT2D eigenvalue weighted by Gasteiger charge is 2.53. The number of nitrogen functional groups attached to an aromatic ring is 2. The molecule has 134 heavy (non-hydrogen) atoms. The van der Waals surface area contributed by atoms with Gasteiger partial charge in [-0.2, -0.15) is 10.1 Å². The summed E-state index contributed by atoms with van der Waals surface area (Å²) in [5.41, 5.74) is 21.1. The minimum atomic E-state index is -2.47. The third-order valence-electron chi connectivity index (χ3n) is 26.9. The number of aliphatic hydroxyl groups is 4. The molecule has 1 aliphatic carbocycles. The molecule has 13 rings (SSSR count). The summed E-state index contributed by atoms with van der Waals surface area (Å²) < 4.78 is 43.6. The number of nitrogens with one attached hydrogen (secondary N) is 2. The second kappa shape index (κ2) is 46.4. The van der Waals surface area contributed by atoms with Crippen molar-refractivity contribution in [2.24, 2.45) is 40.7 Å². The number of ketones is 1. The van der Waals surface area contributed by atoms with Crippen molar-refractivity contribution in [1.29, 1.82) is 0 Å². The zero-order valence-corrected chi connectivity index (χ0v) is 79.0. The zero-order chi connectivity index (χ0) is 95.6. The number of aromatic nitrogens is 9. The SMILES string of the molecule is CO[C@H]1C[C@@H]2CC[C@@H](C)[C@@](O)(O2)C(=O)C(=O)N2CCCC[C@H]2C(=O)O[C@H]([C@H](C)C[C@@H]2CC[C@@H](O)[C@H](OC)C2)C[C@@H](O)[C@H](C)/C=C(\C)[C@@H](O)[C@@H](OC)/C(=N/OCC(=O)NCc2cnc(N3CCN(c4ncc(C(=O)NCCOCCC(=O)N5CCc6cc(Cn7nc(-c8ccc9oc(N)nc9c8)c8c(N)ncnc87)ccc6C5)cn4)[C@H](CN(C)C)C3)nc2)[C@H](C)C[C@H](C)/C=C/C=C/C=C/1C. The normalized spacial score (nSPS) is 28.3. The number of rotatable bonds is 25. The standard InChI is InChI=1S/C97H133N19O18/c1-57-18-14-13-15-19-58(2)78(127-10)44-72-26-21-63(7)97(126,134-72)88(122)92(124)115-32-17-16-20-74(115)93(125)132-79(60(4)40-64-23-27-75(117)80(42-64)128-11)45-76(118)59(3)39-62(6)86(121)87(129-12)84(61(5)38-57)110-131-55-81(119)101-46-66-47-102-95(103-48-66)113-34-35-114(71(54-113)53-111(8)9)96-104-49-70(50-105-96)91(123)100-31-37-130-36-30-82(120)112-33-29-67-41-65(22-24-69(67)52-112)51-116-90-83(89(98)106-56-107-90)85(109-116)68-25-28-77-73(43-68)108-94(99)133-77/h13-15,18-19,22,24-25,28,39,41,43,47-50,56-57,59-61,63-64,71-72,74-76,78-80,86-87,117-118,121,126H,16-17,20-21,23,26-27,29-38,40,42,44-46,51-55H2,1-12H3,(H2,99,108)(H,100,123)(H,101,119)(H2,98,106,107)/b15-13+,18-14+,58-19+,62-39+,110-84+/t57-,59-,60-,61-,63-,64+,71-,72+,74+,75-,76-,78+,79+,80-,86-,87+,97-/m1/s1.